The van der Waals surface area contributed by atoms with Gasteiger partial charge in [0.25, 0.3) is 0 Å². The first kappa shape index (κ1) is 19.7. The van der Waals surface area contributed by atoms with Crippen molar-refractivity contribution in [3.8, 4) is 11.5 Å². The molecule has 0 atom stereocenters. The normalized spacial score (nSPS) is 10.8. The molecular weight excluding hydrogens is 392 g/mol. The first-order valence-corrected chi connectivity index (χ1v) is 10.1. The van der Waals surface area contributed by atoms with Crippen molar-refractivity contribution in [3.05, 3.63) is 125 Å². The van der Waals surface area contributed by atoms with Gasteiger partial charge in [-0.25, -0.2) is 0 Å². The molecule has 0 radical (unpaired) electrons. The van der Waals surface area contributed by atoms with Gasteiger partial charge < -0.3 is 4.74 Å². The van der Waals surface area contributed by atoms with Crippen LogP contribution in [0.3, 0.4) is 0 Å². The van der Waals surface area contributed by atoms with E-state index in [0.29, 0.717) is 11.6 Å². The molecule has 0 aliphatic carbocycles. The standard InChI is InChI=1S/C26H21ClN2O/c27-23-14-16-25(17-15-23)30-26-13-7-10-22(18-26)19-28-29(24-11-5-2-6-12-24)20-21-8-3-1-4-9-21/h1-19H,20H2/b28-19-. The first-order valence-electron chi connectivity index (χ1n) is 9.70. The van der Waals surface area contributed by atoms with E-state index in [4.69, 9.17) is 21.4 Å². The summed E-state index contributed by atoms with van der Waals surface area (Å²) in [6.07, 6.45) is 1.85. The molecule has 0 aromatic heterocycles. The summed E-state index contributed by atoms with van der Waals surface area (Å²) in [4.78, 5) is 0. The van der Waals surface area contributed by atoms with Crippen molar-refractivity contribution in [1.82, 2.24) is 0 Å². The molecule has 4 rings (SSSR count). The zero-order valence-electron chi connectivity index (χ0n) is 16.4. The fourth-order valence-electron chi connectivity index (χ4n) is 2.99. The smallest absolute Gasteiger partial charge is 0.128 e. The van der Waals surface area contributed by atoms with Crippen LogP contribution in [-0.4, -0.2) is 6.21 Å². The molecule has 30 heavy (non-hydrogen) atoms. The molecule has 0 heterocycles. The summed E-state index contributed by atoms with van der Waals surface area (Å²) in [5, 5.41) is 7.43. The third-order valence-electron chi connectivity index (χ3n) is 4.48. The minimum absolute atomic E-state index is 0.683. The van der Waals surface area contributed by atoms with E-state index in [0.717, 1.165) is 22.7 Å². The summed E-state index contributed by atoms with van der Waals surface area (Å²) in [6, 6.07) is 35.6. The highest BCUT2D eigenvalue weighted by molar-refractivity contribution is 6.30. The summed E-state index contributed by atoms with van der Waals surface area (Å²) in [6.45, 7) is 0.683. The summed E-state index contributed by atoms with van der Waals surface area (Å²) < 4.78 is 5.93. The van der Waals surface area contributed by atoms with Crippen LogP contribution in [-0.2, 0) is 6.54 Å². The van der Waals surface area contributed by atoms with Gasteiger partial charge in [-0.3, -0.25) is 5.01 Å². The molecule has 0 saturated heterocycles. The number of hydrogen-bond donors (Lipinski definition) is 0. The second-order valence-electron chi connectivity index (χ2n) is 6.75. The summed E-state index contributed by atoms with van der Waals surface area (Å²) >= 11 is 5.94. The van der Waals surface area contributed by atoms with Crippen LogP contribution in [0, 0.1) is 0 Å². The van der Waals surface area contributed by atoms with Crippen molar-refractivity contribution in [2.45, 2.75) is 6.54 Å². The van der Waals surface area contributed by atoms with Crippen LogP contribution in [0.2, 0.25) is 5.02 Å². The van der Waals surface area contributed by atoms with Gasteiger partial charge >= 0.3 is 0 Å². The van der Waals surface area contributed by atoms with Crippen LogP contribution >= 0.6 is 11.6 Å². The maximum Gasteiger partial charge on any atom is 0.128 e. The number of hydrogen-bond acceptors (Lipinski definition) is 3. The molecule has 0 amide bonds. The second-order valence-corrected chi connectivity index (χ2v) is 7.19. The van der Waals surface area contributed by atoms with Crippen molar-refractivity contribution in [3.63, 3.8) is 0 Å². The lowest BCUT2D eigenvalue weighted by Gasteiger charge is -2.19. The van der Waals surface area contributed by atoms with Gasteiger partial charge in [0.15, 0.2) is 0 Å². The quantitative estimate of drug-likeness (QED) is 0.237. The molecule has 4 aromatic rings. The molecule has 0 N–H and O–H groups in total. The van der Waals surface area contributed by atoms with Gasteiger partial charge in [0.05, 0.1) is 18.4 Å². The largest absolute Gasteiger partial charge is 0.457 e. The zero-order valence-corrected chi connectivity index (χ0v) is 17.1. The van der Waals surface area contributed by atoms with Gasteiger partial charge in [0.2, 0.25) is 0 Å². The lowest BCUT2D eigenvalue weighted by atomic mass is 10.2. The number of hydrazone groups is 1. The van der Waals surface area contributed by atoms with Gasteiger partial charge in [-0.05, 0) is 59.7 Å². The number of anilines is 1. The lowest BCUT2D eigenvalue weighted by molar-refractivity contribution is 0.482. The van der Waals surface area contributed by atoms with E-state index in [9.17, 15) is 0 Å². The Bertz CT molecular complexity index is 1100. The summed E-state index contributed by atoms with van der Waals surface area (Å²) in [7, 11) is 0. The van der Waals surface area contributed by atoms with Crippen molar-refractivity contribution in [2.24, 2.45) is 5.10 Å². The number of para-hydroxylation sites is 1. The van der Waals surface area contributed by atoms with Gasteiger partial charge in [-0.1, -0.05) is 72.3 Å². The minimum atomic E-state index is 0.683. The second kappa shape index (κ2) is 9.77. The fraction of sp³-hybridized carbons (Fsp3) is 0.0385. The Hall–Kier alpha value is -3.56. The van der Waals surface area contributed by atoms with Crippen LogP contribution in [0.25, 0.3) is 0 Å². The van der Waals surface area contributed by atoms with Crippen molar-refractivity contribution in [2.75, 3.05) is 5.01 Å². The van der Waals surface area contributed by atoms with Gasteiger partial charge in [-0.15, -0.1) is 0 Å². The van der Waals surface area contributed by atoms with Crippen LogP contribution < -0.4 is 9.75 Å². The van der Waals surface area contributed by atoms with E-state index in [1.807, 2.05) is 96.2 Å². The Labute approximate surface area is 181 Å². The van der Waals surface area contributed by atoms with Gasteiger partial charge in [0, 0.05) is 5.02 Å². The average molecular weight is 413 g/mol. The average Bonchev–Trinajstić information content (AvgIpc) is 2.80. The zero-order chi connectivity index (χ0) is 20.6. The van der Waals surface area contributed by atoms with E-state index in [2.05, 4.69) is 24.3 Å². The molecule has 0 saturated carbocycles. The van der Waals surface area contributed by atoms with E-state index in [1.54, 1.807) is 0 Å². The molecule has 0 fully saturated rings. The molecule has 0 unspecified atom stereocenters. The highest BCUT2D eigenvalue weighted by Crippen LogP contribution is 2.24. The highest BCUT2D eigenvalue weighted by Gasteiger charge is 2.05. The van der Waals surface area contributed by atoms with E-state index >= 15 is 0 Å². The monoisotopic (exact) mass is 412 g/mol. The van der Waals surface area contributed by atoms with Crippen LogP contribution in [0.4, 0.5) is 5.69 Å². The van der Waals surface area contributed by atoms with Crippen molar-refractivity contribution >= 4 is 23.5 Å². The third kappa shape index (κ3) is 5.49. The Morgan fingerprint density at radius 1 is 0.733 bits per heavy atom. The van der Waals surface area contributed by atoms with E-state index in [-0.39, 0.29) is 0 Å². The molecule has 4 aromatic carbocycles. The molecule has 3 nitrogen and oxygen atoms in total. The minimum Gasteiger partial charge on any atom is -0.457 e. The first-order chi connectivity index (χ1) is 14.8. The lowest BCUT2D eigenvalue weighted by Crippen LogP contribution is -2.16. The Kier molecular flexibility index (Phi) is 6.43. The fourth-order valence-corrected chi connectivity index (χ4v) is 3.11. The molecule has 0 spiro atoms. The molecule has 0 aliphatic rings. The highest BCUT2D eigenvalue weighted by atomic mass is 35.5. The predicted molar refractivity (Wildman–Crippen MR) is 125 cm³/mol. The number of rotatable bonds is 7. The Morgan fingerprint density at radius 2 is 1.43 bits per heavy atom. The maximum atomic E-state index is 5.94. The molecular formula is C26H21ClN2O. The number of ether oxygens (including phenoxy) is 1. The van der Waals surface area contributed by atoms with Gasteiger partial charge in [0.1, 0.15) is 11.5 Å². The maximum absolute atomic E-state index is 5.94. The molecule has 148 valence electrons. The Morgan fingerprint density at radius 3 is 2.17 bits per heavy atom. The summed E-state index contributed by atoms with van der Waals surface area (Å²) in [5.74, 6) is 1.49. The molecule has 0 aliphatic heterocycles. The number of benzene rings is 4. The molecule has 4 heteroatoms. The van der Waals surface area contributed by atoms with Crippen LogP contribution in [0.1, 0.15) is 11.1 Å². The molecule has 0 bridgehead atoms. The van der Waals surface area contributed by atoms with Crippen LogP contribution in [0.5, 0.6) is 11.5 Å². The van der Waals surface area contributed by atoms with Crippen molar-refractivity contribution in [1.29, 1.82) is 0 Å². The third-order valence-corrected chi connectivity index (χ3v) is 4.74. The van der Waals surface area contributed by atoms with E-state index < -0.39 is 0 Å². The predicted octanol–water partition coefficient (Wildman–Crippen LogP) is 7.17. The number of halogens is 1. The summed E-state index contributed by atoms with van der Waals surface area (Å²) in [5.41, 5.74) is 3.18. The van der Waals surface area contributed by atoms with Crippen LogP contribution in [0.15, 0.2) is 114 Å². The van der Waals surface area contributed by atoms with E-state index in [1.165, 1.54) is 5.56 Å². The SMILES string of the molecule is Clc1ccc(Oc2cccc(/C=N\N(Cc3ccccc3)c3ccccc3)c2)cc1. The number of nitrogens with zero attached hydrogens (tertiary/aromatic N) is 2. The van der Waals surface area contributed by atoms with Gasteiger partial charge in [-0.2, -0.15) is 5.10 Å². The topological polar surface area (TPSA) is 24.8 Å². The van der Waals surface area contributed by atoms with Crippen molar-refractivity contribution < 1.29 is 4.74 Å². The Balaban J connectivity index is 1.54.